The monoisotopic (exact) mass is 291 g/mol. The van der Waals surface area contributed by atoms with Gasteiger partial charge in [0.1, 0.15) is 5.82 Å². The summed E-state index contributed by atoms with van der Waals surface area (Å²) in [5, 5.41) is 3.46. The topological polar surface area (TPSA) is 58.4 Å². The van der Waals surface area contributed by atoms with Crippen molar-refractivity contribution in [1.82, 2.24) is 4.90 Å². The second kappa shape index (κ2) is 5.64. The summed E-state index contributed by atoms with van der Waals surface area (Å²) < 4.78 is 13.9. The molecule has 3 N–H and O–H groups in total. The van der Waals surface area contributed by atoms with Crippen LogP contribution in [0.3, 0.4) is 0 Å². The number of nitrogens with one attached hydrogen (secondary N) is 1. The van der Waals surface area contributed by atoms with Crippen molar-refractivity contribution in [3.05, 3.63) is 29.1 Å². The van der Waals surface area contributed by atoms with Crippen LogP contribution >= 0.6 is 0 Å². The molecule has 0 radical (unpaired) electrons. The molecule has 2 aliphatic rings. The molecule has 0 spiro atoms. The van der Waals surface area contributed by atoms with E-state index in [1.165, 1.54) is 25.3 Å². The number of nitrogens with two attached hydrogens (primary N) is 1. The third-order valence-electron chi connectivity index (χ3n) is 4.83. The zero-order valence-electron chi connectivity index (χ0n) is 12.4. The first-order chi connectivity index (χ1) is 10.1. The highest BCUT2D eigenvalue weighted by atomic mass is 19.1. The van der Waals surface area contributed by atoms with Crippen LogP contribution in [0.1, 0.15) is 41.6 Å². The fourth-order valence-electron chi connectivity index (χ4n) is 3.59. The van der Waals surface area contributed by atoms with Crippen molar-refractivity contribution in [3.8, 4) is 0 Å². The summed E-state index contributed by atoms with van der Waals surface area (Å²) in [7, 11) is 0. The van der Waals surface area contributed by atoms with E-state index in [2.05, 4.69) is 10.2 Å². The zero-order valence-corrected chi connectivity index (χ0v) is 12.4. The van der Waals surface area contributed by atoms with Crippen LogP contribution in [0.2, 0.25) is 0 Å². The molecule has 1 aromatic rings. The van der Waals surface area contributed by atoms with Crippen molar-refractivity contribution in [3.63, 3.8) is 0 Å². The summed E-state index contributed by atoms with van der Waals surface area (Å²) >= 11 is 0. The van der Waals surface area contributed by atoms with Gasteiger partial charge in [-0.3, -0.25) is 9.69 Å². The van der Waals surface area contributed by atoms with Gasteiger partial charge < -0.3 is 11.1 Å². The Morgan fingerprint density at radius 1 is 1.33 bits per heavy atom. The van der Waals surface area contributed by atoms with Crippen LogP contribution in [0.15, 0.2) is 12.1 Å². The highest BCUT2D eigenvalue weighted by molar-refractivity contribution is 5.94. The number of rotatable bonds is 3. The molecule has 5 heteroatoms. The lowest BCUT2D eigenvalue weighted by molar-refractivity contribution is 0.1000. The predicted octanol–water partition coefficient (Wildman–Crippen LogP) is 2.27. The summed E-state index contributed by atoms with van der Waals surface area (Å²) in [6, 6.07) is 3.74. The summed E-state index contributed by atoms with van der Waals surface area (Å²) in [5.41, 5.74) is 6.74. The Bertz CT molecular complexity index is 561. The lowest BCUT2D eigenvalue weighted by Crippen LogP contribution is -2.41. The van der Waals surface area contributed by atoms with Gasteiger partial charge in [0.15, 0.2) is 0 Å². The maximum Gasteiger partial charge on any atom is 0.248 e. The first-order valence-corrected chi connectivity index (χ1v) is 7.67. The summed E-state index contributed by atoms with van der Waals surface area (Å²) in [6.07, 6.45) is 4.78. The lowest BCUT2D eigenvalue weighted by atomic mass is 9.98. The van der Waals surface area contributed by atoms with Crippen molar-refractivity contribution in [2.75, 3.05) is 18.4 Å². The smallest absolute Gasteiger partial charge is 0.248 e. The molecule has 2 fully saturated rings. The molecule has 114 valence electrons. The van der Waals surface area contributed by atoms with Crippen molar-refractivity contribution in [1.29, 1.82) is 0 Å². The van der Waals surface area contributed by atoms with Gasteiger partial charge >= 0.3 is 0 Å². The van der Waals surface area contributed by atoms with Crippen LogP contribution in [-0.2, 0) is 0 Å². The average molecular weight is 291 g/mol. The number of carbonyl (C=O) groups is 1. The number of piperidine rings is 1. The zero-order chi connectivity index (χ0) is 15.0. The van der Waals surface area contributed by atoms with E-state index in [-0.39, 0.29) is 11.4 Å². The van der Waals surface area contributed by atoms with Gasteiger partial charge in [-0.15, -0.1) is 0 Å². The molecule has 4 nitrogen and oxygen atoms in total. The third-order valence-corrected chi connectivity index (χ3v) is 4.83. The van der Waals surface area contributed by atoms with Crippen molar-refractivity contribution >= 4 is 11.6 Å². The molecule has 2 aliphatic heterocycles. The van der Waals surface area contributed by atoms with Crippen LogP contribution in [0, 0.1) is 12.7 Å². The molecule has 2 atom stereocenters. The largest absolute Gasteiger partial charge is 0.380 e. The van der Waals surface area contributed by atoms with E-state index in [0.717, 1.165) is 19.5 Å². The number of hydrogen-bond acceptors (Lipinski definition) is 3. The third kappa shape index (κ3) is 2.75. The number of benzene rings is 1. The Hall–Kier alpha value is -1.62. The molecule has 0 aromatic heterocycles. The van der Waals surface area contributed by atoms with Crippen LogP contribution in [0.4, 0.5) is 10.1 Å². The minimum absolute atomic E-state index is 0.221. The Labute approximate surface area is 124 Å². The van der Waals surface area contributed by atoms with Gasteiger partial charge in [0.2, 0.25) is 5.91 Å². The molecular formula is C16H22FN3O. The van der Waals surface area contributed by atoms with Crippen molar-refractivity contribution in [2.24, 2.45) is 5.73 Å². The quantitative estimate of drug-likeness (QED) is 0.898. The number of primary amides is 1. The molecule has 0 saturated carbocycles. The van der Waals surface area contributed by atoms with E-state index in [4.69, 9.17) is 5.73 Å². The fourth-order valence-corrected chi connectivity index (χ4v) is 3.59. The van der Waals surface area contributed by atoms with Crippen LogP contribution < -0.4 is 11.1 Å². The standard InChI is InChI=1S/C16H22FN3O/c1-10-12(17)8-11(16(18)21)9-14(10)19-13-5-7-20-6-3-2-4-15(13)20/h8-9,13,15,19H,2-7H2,1H3,(H2,18,21). The molecule has 1 aromatic carbocycles. The average Bonchev–Trinajstić information content (AvgIpc) is 2.87. The molecule has 0 bridgehead atoms. The molecule has 1 amide bonds. The van der Waals surface area contributed by atoms with Crippen molar-refractivity contribution in [2.45, 2.75) is 44.7 Å². The molecule has 21 heavy (non-hydrogen) atoms. The van der Waals surface area contributed by atoms with Crippen LogP contribution in [0.25, 0.3) is 0 Å². The first kappa shape index (κ1) is 14.3. The van der Waals surface area contributed by atoms with Crippen LogP contribution in [-0.4, -0.2) is 36.0 Å². The van der Waals surface area contributed by atoms with E-state index < -0.39 is 5.91 Å². The number of fused-ring (bicyclic) bond motifs is 1. The Kier molecular flexibility index (Phi) is 3.85. The van der Waals surface area contributed by atoms with Gasteiger partial charge in [-0.05, 0) is 44.9 Å². The van der Waals surface area contributed by atoms with E-state index in [9.17, 15) is 9.18 Å². The Morgan fingerprint density at radius 3 is 2.90 bits per heavy atom. The number of nitrogens with zero attached hydrogens (tertiary/aromatic N) is 1. The highest BCUT2D eigenvalue weighted by Crippen LogP contribution is 2.31. The Morgan fingerprint density at radius 2 is 2.14 bits per heavy atom. The number of halogens is 1. The molecule has 2 saturated heterocycles. The van der Waals surface area contributed by atoms with Gasteiger partial charge in [-0.25, -0.2) is 4.39 Å². The van der Waals surface area contributed by atoms with Gasteiger partial charge in [-0.2, -0.15) is 0 Å². The number of hydrogen-bond donors (Lipinski definition) is 2. The molecule has 2 unspecified atom stereocenters. The number of amides is 1. The van der Waals surface area contributed by atoms with E-state index >= 15 is 0 Å². The van der Waals surface area contributed by atoms with E-state index in [0.29, 0.717) is 23.3 Å². The van der Waals surface area contributed by atoms with E-state index in [1.54, 1.807) is 13.0 Å². The highest BCUT2D eigenvalue weighted by Gasteiger charge is 2.35. The molecule has 2 heterocycles. The predicted molar refractivity (Wildman–Crippen MR) is 80.9 cm³/mol. The summed E-state index contributed by atoms with van der Waals surface area (Å²) in [5.74, 6) is -0.977. The number of carbonyl (C=O) groups excluding carboxylic acids is 1. The minimum atomic E-state index is -0.595. The maximum atomic E-state index is 13.9. The minimum Gasteiger partial charge on any atom is -0.380 e. The van der Waals surface area contributed by atoms with Gasteiger partial charge in [0, 0.05) is 35.4 Å². The van der Waals surface area contributed by atoms with E-state index in [1.807, 2.05) is 0 Å². The lowest BCUT2D eigenvalue weighted by Gasteiger charge is -2.33. The second-order valence-electron chi connectivity index (χ2n) is 6.13. The number of anilines is 1. The molecule has 0 aliphatic carbocycles. The first-order valence-electron chi connectivity index (χ1n) is 7.67. The maximum absolute atomic E-state index is 13.9. The summed E-state index contributed by atoms with van der Waals surface area (Å²) in [6.45, 7) is 3.99. The van der Waals surface area contributed by atoms with Crippen LogP contribution in [0.5, 0.6) is 0 Å². The van der Waals surface area contributed by atoms with Gasteiger partial charge in [0.05, 0.1) is 0 Å². The molecular weight excluding hydrogens is 269 g/mol. The summed E-state index contributed by atoms with van der Waals surface area (Å²) in [4.78, 5) is 13.8. The van der Waals surface area contributed by atoms with Gasteiger partial charge in [-0.1, -0.05) is 6.42 Å². The SMILES string of the molecule is Cc1c(F)cc(C(N)=O)cc1NC1CCN2CCCCC12. The van der Waals surface area contributed by atoms with Crippen molar-refractivity contribution < 1.29 is 9.18 Å². The molecule has 3 rings (SSSR count). The normalized spacial score (nSPS) is 25.6. The Balaban J connectivity index is 1.82. The fraction of sp³-hybridized carbons (Fsp3) is 0.562. The van der Waals surface area contributed by atoms with Gasteiger partial charge in [0.25, 0.3) is 0 Å². The second-order valence-corrected chi connectivity index (χ2v) is 6.13.